The average Bonchev–Trinajstić information content (AvgIpc) is 2.53. The van der Waals surface area contributed by atoms with E-state index in [1.165, 1.54) is 0 Å². The standard InChI is InChI=1S/C17H27N3O2/c1-14(20-9-10-22-13-15(20)2)11-18-17(21)19(3)12-16-7-5-4-6-8-16/h4-8,14-15H,9-13H2,1-3H3,(H,18,21)/t14-,15+/m0/s1. The Hall–Kier alpha value is -1.59. The van der Waals surface area contributed by atoms with E-state index in [-0.39, 0.29) is 6.03 Å². The van der Waals surface area contributed by atoms with E-state index >= 15 is 0 Å². The normalized spacial score (nSPS) is 20.4. The maximum absolute atomic E-state index is 12.2. The summed E-state index contributed by atoms with van der Waals surface area (Å²) in [6, 6.07) is 10.7. The molecule has 0 radical (unpaired) electrons. The molecule has 122 valence electrons. The van der Waals surface area contributed by atoms with Crippen LogP contribution in [0.4, 0.5) is 4.79 Å². The zero-order valence-corrected chi connectivity index (χ0v) is 13.8. The van der Waals surface area contributed by atoms with Crippen molar-refractivity contribution in [2.24, 2.45) is 0 Å². The van der Waals surface area contributed by atoms with Crippen LogP contribution in [-0.4, -0.2) is 61.3 Å². The van der Waals surface area contributed by atoms with Crippen LogP contribution < -0.4 is 5.32 Å². The Balaban J connectivity index is 1.76. The number of ether oxygens (including phenoxy) is 1. The number of urea groups is 1. The van der Waals surface area contributed by atoms with Crippen molar-refractivity contribution in [2.75, 3.05) is 33.4 Å². The molecule has 1 heterocycles. The minimum atomic E-state index is -0.0309. The number of morpholine rings is 1. The highest BCUT2D eigenvalue weighted by molar-refractivity contribution is 5.73. The predicted octanol–water partition coefficient (Wildman–Crippen LogP) is 1.94. The molecule has 2 rings (SSSR count). The summed E-state index contributed by atoms with van der Waals surface area (Å²) in [5.74, 6) is 0. The molecule has 0 aliphatic carbocycles. The highest BCUT2D eigenvalue weighted by Crippen LogP contribution is 2.10. The molecule has 1 aromatic carbocycles. The summed E-state index contributed by atoms with van der Waals surface area (Å²) in [7, 11) is 1.82. The van der Waals surface area contributed by atoms with Gasteiger partial charge in [-0.3, -0.25) is 4.90 Å². The van der Waals surface area contributed by atoms with Crippen LogP contribution >= 0.6 is 0 Å². The van der Waals surface area contributed by atoms with Gasteiger partial charge < -0.3 is 15.0 Å². The maximum Gasteiger partial charge on any atom is 0.317 e. The second kappa shape index (κ2) is 8.15. The molecular weight excluding hydrogens is 278 g/mol. The first-order valence-corrected chi connectivity index (χ1v) is 7.94. The number of carbonyl (C=O) groups excluding carboxylic acids is 1. The summed E-state index contributed by atoms with van der Waals surface area (Å²) in [5, 5.41) is 3.02. The van der Waals surface area contributed by atoms with E-state index in [0.717, 1.165) is 25.3 Å². The molecule has 0 spiro atoms. The lowest BCUT2D eigenvalue weighted by molar-refractivity contribution is -0.0177. The van der Waals surface area contributed by atoms with Crippen molar-refractivity contribution in [1.29, 1.82) is 0 Å². The Kier molecular flexibility index (Phi) is 6.21. The quantitative estimate of drug-likeness (QED) is 0.904. The Labute approximate surface area is 133 Å². The number of hydrogen-bond donors (Lipinski definition) is 1. The van der Waals surface area contributed by atoms with E-state index in [1.54, 1.807) is 4.90 Å². The third-order valence-corrected chi connectivity index (χ3v) is 4.14. The van der Waals surface area contributed by atoms with E-state index in [0.29, 0.717) is 25.2 Å². The van der Waals surface area contributed by atoms with Crippen LogP contribution in [0.3, 0.4) is 0 Å². The van der Waals surface area contributed by atoms with E-state index in [2.05, 4.69) is 24.1 Å². The van der Waals surface area contributed by atoms with Gasteiger partial charge in [0.2, 0.25) is 0 Å². The molecule has 1 aromatic rings. The van der Waals surface area contributed by atoms with Crippen molar-refractivity contribution < 1.29 is 9.53 Å². The number of amides is 2. The van der Waals surface area contributed by atoms with Gasteiger partial charge in [-0.1, -0.05) is 30.3 Å². The van der Waals surface area contributed by atoms with Gasteiger partial charge in [-0.2, -0.15) is 0 Å². The number of carbonyl (C=O) groups is 1. The molecule has 1 fully saturated rings. The lowest BCUT2D eigenvalue weighted by Crippen LogP contribution is -2.52. The van der Waals surface area contributed by atoms with Crippen LogP contribution in [0.5, 0.6) is 0 Å². The van der Waals surface area contributed by atoms with Crippen LogP contribution in [0.15, 0.2) is 30.3 Å². The van der Waals surface area contributed by atoms with E-state index in [4.69, 9.17) is 4.74 Å². The first-order chi connectivity index (χ1) is 10.6. The SMILES string of the molecule is C[C@@H]1COCCN1[C@@H](C)CNC(=O)N(C)Cc1ccccc1. The highest BCUT2D eigenvalue weighted by Gasteiger charge is 2.24. The highest BCUT2D eigenvalue weighted by atomic mass is 16.5. The Morgan fingerprint density at radius 2 is 2.18 bits per heavy atom. The summed E-state index contributed by atoms with van der Waals surface area (Å²) in [6.07, 6.45) is 0. The second-order valence-electron chi connectivity index (χ2n) is 6.04. The molecule has 5 heteroatoms. The summed E-state index contributed by atoms with van der Waals surface area (Å²) >= 11 is 0. The molecule has 2 amide bonds. The average molecular weight is 305 g/mol. The van der Waals surface area contributed by atoms with Crippen molar-refractivity contribution in [3.63, 3.8) is 0 Å². The number of hydrogen-bond acceptors (Lipinski definition) is 3. The smallest absolute Gasteiger partial charge is 0.317 e. The summed E-state index contributed by atoms with van der Waals surface area (Å²) in [6.45, 7) is 8.07. The van der Waals surface area contributed by atoms with Crippen LogP contribution in [0.1, 0.15) is 19.4 Å². The van der Waals surface area contributed by atoms with E-state index in [9.17, 15) is 4.79 Å². The molecule has 1 saturated heterocycles. The molecule has 5 nitrogen and oxygen atoms in total. The number of nitrogens with zero attached hydrogens (tertiary/aromatic N) is 2. The fraction of sp³-hybridized carbons (Fsp3) is 0.588. The lowest BCUT2D eigenvalue weighted by Gasteiger charge is -2.38. The predicted molar refractivity (Wildman–Crippen MR) is 87.8 cm³/mol. The first-order valence-electron chi connectivity index (χ1n) is 7.94. The first kappa shape index (κ1) is 16.8. The van der Waals surface area contributed by atoms with Gasteiger partial charge in [-0.25, -0.2) is 4.79 Å². The number of nitrogens with one attached hydrogen (secondary N) is 1. The molecule has 1 N–H and O–H groups in total. The molecule has 0 saturated carbocycles. The van der Waals surface area contributed by atoms with Crippen LogP contribution in [0.25, 0.3) is 0 Å². The van der Waals surface area contributed by atoms with Crippen LogP contribution in [0.2, 0.25) is 0 Å². The lowest BCUT2D eigenvalue weighted by atomic mass is 10.2. The fourth-order valence-electron chi connectivity index (χ4n) is 2.81. The van der Waals surface area contributed by atoms with Gasteiger partial charge in [0.05, 0.1) is 13.2 Å². The van der Waals surface area contributed by atoms with Gasteiger partial charge in [-0.15, -0.1) is 0 Å². The zero-order valence-electron chi connectivity index (χ0n) is 13.8. The minimum Gasteiger partial charge on any atom is -0.379 e. The summed E-state index contributed by atoms with van der Waals surface area (Å²) in [5.41, 5.74) is 1.13. The third kappa shape index (κ3) is 4.71. The monoisotopic (exact) mass is 305 g/mol. The van der Waals surface area contributed by atoms with Crippen molar-refractivity contribution in [2.45, 2.75) is 32.5 Å². The molecule has 22 heavy (non-hydrogen) atoms. The molecule has 0 aromatic heterocycles. The molecule has 0 unspecified atom stereocenters. The minimum absolute atomic E-state index is 0.0309. The summed E-state index contributed by atoms with van der Waals surface area (Å²) < 4.78 is 5.46. The number of rotatable bonds is 5. The molecule has 2 atom stereocenters. The largest absolute Gasteiger partial charge is 0.379 e. The zero-order chi connectivity index (χ0) is 15.9. The number of benzene rings is 1. The van der Waals surface area contributed by atoms with Gasteiger partial charge in [0.25, 0.3) is 0 Å². The summed E-state index contributed by atoms with van der Waals surface area (Å²) in [4.78, 5) is 16.3. The van der Waals surface area contributed by atoms with Gasteiger partial charge in [0.15, 0.2) is 0 Å². The Morgan fingerprint density at radius 3 is 2.86 bits per heavy atom. The molecule has 0 bridgehead atoms. The molecule has 1 aliphatic heterocycles. The van der Waals surface area contributed by atoms with Crippen molar-refractivity contribution in [3.8, 4) is 0 Å². The van der Waals surface area contributed by atoms with Gasteiger partial charge in [-0.05, 0) is 19.4 Å². The van der Waals surface area contributed by atoms with E-state index < -0.39 is 0 Å². The van der Waals surface area contributed by atoms with Crippen molar-refractivity contribution >= 4 is 6.03 Å². The fourth-order valence-corrected chi connectivity index (χ4v) is 2.81. The van der Waals surface area contributed by atoms with Gasteiger partial charge in [0, 0.05) is 38.8 Å². The Bertz CT molecular complexity index is 466. The third-order valence-electron chi connectivity index (χ3n) is 4.14. The Morgan fingerprint density at radius 1 is 1.45 bits per heavy atom. The van der Waals surface area contributed by atoms with Crippen molar-refractivity contribution in [1.82, 2.24) is 15.1 Å². The van der Waals surface area contributed by atoms with Gasteiger partial charge in [0.1, 0.15) is 0 Å². The molecule has 1 aliphatic rings. The van der Waals surface area contributed by atoms with Crippen LogP contribution in [-0.2, 0) is 11.3 Å². The van der Waals surface area contributed by atoms with Crippen LogP contribution in [0, 0.1) is 0 Å². The van der Waals surface area contributed by atoms with Crippen molar-refractivity contribution in [3.05, 3.63) is 35.9 Å². The molecular formula is C17H27N3O2. The van der Waals surface area contributed by atoms with Gasteiger partial charge >= 0.3 is 6.03 Å². The maximum atomic E-state index is 12.2. The second-order valence-corrected chi connectivity index (χ2v) is 6.04. The topological polar surface area (TPSA) is 44.8 Å². The van der Waals surface area contributed by atoms with E-state index in [1.807, 2.05) is 37.4 Å².